The van der Waals surface area contributed by atoms with Crippen LogP contribution < -0.4 is 11.1 Å². The van der Waals surface area contributed by atoms with Gasteiger partial charge < -0.3 is 11.1 Å². The van der Waals surface area contributed by atoms with Crippen LogP contribution in [0.25, 0.3) is 21.6 Å². The number of nitrogens with one attached hydrogen (secondary N) is 2. The van der Waals surface area contributed by atoms with E-state index in [2.05, 4.69) is 35.7 Å². The standard InChI is InChI=1S/C13H10N8S/c14-12-15-4-3-10(18-12)11-20-21-13(22-11)17-8-1-2-9-7(5-8)6-16-19-9/h1-6H,(H,16,19)(H,17,21)(H2,14,15,18). The maximum absolute atomic E-state index is 5.58. The maximum Gasteiger partial charge on any atom is 0.220 e. The van der Waals surface area contributed by atoms with Gasteiger partial charge in [0, 0.05) is 17.3 Å². The molecule has 0 unspecified atom stereocenters. The Bertz CT molecular complexity index is 944. The molecular formula is C13H10N8S. The molecule has 9 heteroatoms. The highest BCUT2D eigenvalue weighted by Gasteiger charge is 2.09. The van der Waals surface area contributed by atoms with E-state index in [1.165, 1.54) is 11.3 Å². The zero-order valence-electron chi connectivity index (χ0n) is 11.2. The van der Waals surface area contributed by atoms with E-state index in [0.29, 0.717) is 15.8 Å². The van der Waals surface area contributed by atoms with Crippen molar-refractivity contribution >= 4 is 39.0 Å². The van der Waals surface area contributed by atoms with Gasteiger partial charge in [0.05, 0.1) is 11.7 Å². The summed E-state index contributed by atoms with van der Waals surface area (Å²) in [5.41, 5.74) is 8.14. The van der Waals surface area contributed by atoms with Crippen molar-refractivity contribution in [3.05, 3.63) is 36.7 Å². The minimum atomic E-state index is 0.215. The molecule has 0 aliphatic heterocycles. The first-order valence-electron chi connectivity index (χ1n) is 6.40. The third kappa shape index (κ3) is 2.33. The summed E-state index contributed by atoms with van der Waals surface area (Å²) in [4.78, 5) is 7.99. The van der Waals surface area contributed by atoms with E-state index in [-0.39, 0.29) is 5.95 Å². The number of H-pyrrole nitrogens is 1. The van der Waals surface area contributed by atoms with Crippen LogP contribution in [-0.2, 0) is 0 Å². The Morgan fingerprint density at radius 3 is 3.05 bits per heavy atom. The van der Waals surface area contributed by atoms with Gasteiger partial charge in [-0.15, -0.1) is 10.2 Å². The number of aromatic nitrogens is 6. The summed E-state index contributed by atoms with van der Waals surface area (Å²) >= 11 is 1.39. The van der Waals surface area contributed by atoms with E-state index in [0.717, 1.165) is 16.6 Å². The van der Waals surface area contributed by atoms with E-state index < -0.39 is 0 Å². The Kier molecular flexibility index (Phi) is 2.90. The quantitative estimate of drug-likeness (QED) is 0.530. The van der Waals surface area contributed by atoms with Gasteiger partial charge in [0.2, 0.25) is 11.1 Å². The van der Waals surface area contributed by atoms with Gasteiger partial charge >= 0.3 is 0 Å². The van der Waals surface area contributed by atoms with Gasteiger partial charge in [-0.1, -0.05) is 11.3 Å². The summed E-state index contributed by atoms with van der Waals surface area (Å²) in [6, 6.07) is 7.64. The smallest absolute Gasteiger partial charge is 0.220 e. The topological polar surface area (TPSA) is 118 Å². The lowest BCUT2D eigenvalue weighted by Crippen LogP contribution is -1.94. The van der Waals surface area contributed by atoms with Crippen LogP contribution >= 0.6 is 11.3 Å². The zero-order chi connectivity index (χ0) is 14.9. The highest BCUT2D eigenvalue weighted by molar-refractivity contribution is 7.18. The van der Waals surface area contributed by atoms with E-state index >= 15 is 0 Å². The Labute approximate surface area is 128 Å². The third-order valence-corrected chi connectivity index (χ3v) is 3.87. The predicted molar refractivity (Wildman–Crippen MR) is 84.7 cm³/mol. The van der Waals surface area contributed by atoms with Gasteiger partial charge in [-0.3, -0.25) is 5.10 Å². The molecule has 4 rings (SSSR count). The van der Waals surface area contributed by atoms with E-state index in [1.807, 2.05) is 18.2 Å². The highest BCUT2D eigenvalue weighted by Crippen LogP contribution is 2.28. The summed E-state index contributed by atoms with van der Waals surface area (Å²) in [6.07, 6.45) is 3.37. The van der Waals surface area contributed by atoms with Crippen molar-refractivity contribution in [1.29, 1.82) is 0 Å². The molecule has 0 radical (unpaired) electrons. The van der Waals surface area contributed by atoms with Crippen molar-refractivity contribution < 1.29 is 0 Å². The number of nitrogen functional groups attached to an aromatic ring is 1. The molecule has 0 spiro atoms. The molecule has 22 heavy (non-hydrogen) atoms. The lowest BCUT2D eigenvalue weighted by molar-refractivity contribution is 1.08. The average Bonchev–Trinajstić information content (AvgIpc) is 3.16. The normalized spacial score (nSPS) is 10.9. The van der Waals surface area contributed by atoms with Gasteiger partial charge in [-0.2, -0.15) is 5.10 Å². The second-order valence-corrected chi connectivity index (χ2v) is 5.49. The van der Waals surface area contributed by atoms with Gasteiger partial charge in [0.25, 0.3) is 0 Å². The summed E-state index contributed by atoms with van der Waals surface area (Å²) < 4.78 is 0. The molecule has 0 saturated carbocycles. The SMILES string of the molecule is Nc1nccc(-c2nnc(Nc3ccc4[nH]ncc4c3)s2)n1. The molecule has 108 valence electrons. The number of hydrogen-bond donors (Lipinski definition) is 3. The van der Waals surface area contributed by atoms with Crippen molar-refractivity contribution in [2.75, 3.05) is 11.1 Å². The largest absolute Gasteiger partial charge is 0.368 e. The van der Waals surface area contributed by atoms with Gasteiger partial charge in [0.1, 0.15) is 5.69 Å². The number of nitrogens with two attached hydrogens (primary N) is 1. The first kappa shape index (κ1) is 12.7. The molecule has 0 saturated heterocycles. The van der Waals surface area contributed by atoms with Crippen molar-refractivity contribution in [1.82, 2.24) is 30.4 Å². The average molecular weight is 310 g/mol. The number of hydrogen-bond acceptors (Lipinski definition) is 8. The first-order valence-corrected chi connectivity index (χ1v) is 7.22. The lowest BCUT2D eigenvalue weighted by atomic mass is 10.2. The zero-order valence-corrected chi connectivity index (χ0v) is 12.0. The Morgan fingerprint density at radius 1 is 1.18 bits per heavy atom. The van der Waals surface area contributed by atoms with Crippen LogP contribution in [0, 0.1) is 0 Å². The second-order valence-electron chi connectivity index (χ2n) is 4.51. The molecular weight excluding hydrogens is 300 g/mol. The van der Waals surface area contributed by atoms with Crippen molar-refractivity contribution in [2.24, 2.45) is 0 Å². The molecule has 0 aliphatic rings. The number of benzene rings is 1. The Hall–Kier alpha value is -3.07. The van der Waals surface area contributed by atoms with Crippen LogP contribution in [-0.4, -0.2) is 30.4 Å². The molecule has 3 heterocycles. The number of fused-ring (bicyclic) bond motifs is 1. The maximum atomic E-state index is 5.58. The number of nitrogens with zero attached hydrogens (tertiary/aromatic N) is 5. The Balaban J connectivity index is 1.61. The van der Waals surface area contributed by atoms with E-state index in [9.17, 15) is 0 Å². The van der Waals surface area contributed by atoms with E-state index in [4.69, 9.17) is 5.73 Å². The van der Waals surface area contributed by atoms with E-state index in [1.54, 1.807) is 18.5 Å². The fourth-order valence-corrected chi connectivity index (χ4v) is 2.75. The summed E-state index contributed by atoms with van der Waals surface area (Å²) in [6.45, 7) is 0. The van der Waals surface area contributed by atoms with Crippen LogP contribution in [0.4, 0.5) is 16.8 Å². The van der Waals surface area contributed by atoms with Crippen molar-refractivity contribution in [2.45, 2.75) is 0 Å². The van der Waals surface area contributed by atoms with Crippen LogP contribution in [0.15, 0.2) is 36.7 Å². The molecule has 8 nitrogen and oxygen atoms in total. The molecule has 4 N–H and O–H groups in total. The van der Waals surface area contributed by atoms with Crippen LogP contribution in [0.3, 0.4) is 0 Å². The first-order chi connectivity index (χ1) is 10.8. The molecule has 3 aromatic heterocycles. The fraction of sp³-hybridized carbons (Fsp3) is 0. The molecule has 1 aromatic carbocycles. The second kappa shape index (κ2) is 5.04. The number of anilines is 3. The summed E-state index contributed by atoms with van der Waals surface area (Å²) in [5.74, 6) is 0.215. The summed E-state index contributed by atoms with van der Waals surface area (Å²) in [7, 11) is 0. The third-order valence-electron chi connectivity index (χ3n) is 3.01. The molecule has 0 bridgehead atoms. The lowest BCUT2D eigenvalue weighted by Gasteiger charge is -2.01. The van der Waals surface area contributed by atoms with Crippen LogP contribution in [0.5, 0.6) is 0 Å². The minimum absolute atomic E-state index is 0.215. The fourth-order valence-electron chi connectivity index (χ4n) is 2.01. The van der Waals surface area contributed by atoms with Crippen molar-refractivity contribution in [3.63, 3.8) is 0 Å². The van der Waals surface area contributed by atoms with Crippen LogP contribution in [0.2, 0.25) is 0 Å². The molecule has 0 aliphatic carbocycles. The minimum Gasteiger partial charge on any atom is -0.368 e. The molecule has 0 atom stereocenters. The van der Waals surface area contributed by atoms with Gasteiger partial charge in [-0.05, 0) is 24.3 Å². The van der Waals surface area contributed by atoms with Gasteiger partial charge in [-0.25, -0.2) is 9.97 Å². The number of aromatic amines is 1. The van der Waals surface area contributed by atoms with Crippen LogP contribution in [0.1, 0.15) is 0 Å². The molecule has 0 fully saturated rings. The summed E-state index contributed by atoms with van der Waals surface area (Å²) in [5, 5.41) is 20.7. The highest BCUT2D eigenvalue weighted by atomic mass is 32.1. The number of rotatable bonds is 3. The van der Waals surface area contributed by atoms with Crippen molar-refractivity contribution in [3.8, 4) is 10.7 Å². The predicted octanol–water partition coefficient (Wildman–Crippen LogP) is 2.20. The van der Waals surface area contributed by atoms with Gasteiger partial charge in [0.15, 0.2) is 5.01 Å². The Morgan fingerprint density at radius 2 is 2.14 bits per heavy atom. The molecule has 0 amide bonds. The monoisotopic (exact) mass is 310 g/mol. The molecule has 4 aromatic rings.